The Morgan fingerprint density at radius 1 is 1.31 bits per heavy atom. The fourth-order valence-corrected chi connectivity index (χ4v) is 1.55. The molecule has 4 nitrogen and oxygen atoms in total. The van der Waals surface area contributed by atoms with Gasteiger partial charge in [-0.25, -0.2) is 22.3 Å². The second-order valence-corrected chi connectivity index (χ2v) is 4.99. The van der Waals surface area contributed by atoms with Crippen molar-refractivity contribution in [2.45, 2.75) is 6.54 Å². The number of nitrogens with two attached hydrogens (primary N) is 1. The Hall–Kier alpha value is -1.05. The molecule has 0 saturated carbocycles. The van der Waals surface area contributed by atoms with Crippen molar-refractivity contribution in [1.82, 2.24) is 5.32 Å². The third kappa shape index (κ3) is 4.21. The Morgan fingerprint density at radius 2 is 2.00 bits per heavy atom. The maximum absolute atomic E-state index is 13.1. The van der Waals surface area contributed by atoms with Gasteiger partial charge >= 0.3 is 0 Å². The normalized spacial score (nSPS) is 11.7. The lowest BCUT2D eigenvalue weighted by molar-refractivity contribution is 0.494. The summed E-state index contributed by atoms with van der Waals surface area (Å²) < 4.78 is 47.0. The van der Waals surface area contributed by atoms with Crippen molar-refractivity contribution in [2.24, 2.45) is 5.14 Å². The number of hydrogen-bond acceptors (Lipinski definition) is 3. The van der Waals surface area contributed by atoms with Crippen molar-refractivity contribution in [3.05, 3.63) is 35.4 Å². The molecule has 0 aliphatic rings. The van der Waals surface area contributed by atoms with Crippen LogP contribution in [0.15, 0.2) is 18.2 Å². The van der Waals surface area contributed by atoms with Crippen molar-refractivity contribution in [1.29, 1.82) is 0 Å². The molecule has 90 valence electrons. The van der Waals surface area contributed by atoms with E-state index < -0.39 is 21.7 Å². The van der Waals surface area contributed by atoms with Crippen molar-refractivity contribution >= 4 is 10.0 Å². The van der Waals surface area contributed by atoms with Gasteiger partial charge in [0.2, 0.25) is 10.0 Å². The van der Waals surface area contributed by atoms with Gasteiger partial charge in [0.25, 0.3) is 0 Å². The molecule has 0 spiro atoms. The highest BCUT2D eigenvalue weighted by Gasteiger charge is 2.07. The number of hydrogen-bond donors (Lipinski definition) is 2. The average molecular weight is 250 g/mol. The summed E-state index contributed by atoms with van der Waals surface area (Å²) in [5.41, 5.74) is 0.148. The summed E-state index contributed by atoms with van der Waals surface area (Å²) in [6.07, 6.45) is 0. The largest absolute Gasteiger partial charge is 0.312 e. The molecular formula is C9H12F2N2O2S. The number of halogens is 2. The summed E-state index contributed by atoms with van der Waals surface area (Å²) in [5, 5.41) is 7.43. The van der Waals surface area contributed by atoms with Crippen LogP contribution in [0, 0.1) is 11.6 Å². The van der Waals surface area contributed by atoms with Crippen LogP contribution >= 0.6 is 0 Å². The predicted molar refractivity (Wildman–Crippen MR) is 56.0 cm³/mol. The van der Waals surface area contributed by atoms with Gasteiger partial charge in [-0.1, -0.05) is 12.1 Å². The van der Waals surface area contributed by atoms with Crippen LogP contribution in [0.1, 0.15) is 5.56 Å². The summed E-state index contributed by atoms with van der Waals surface area (Å²) in [4.78, 5) is 0. The summed E-state index contributed by atoms with van der Waals surface area (Å²) >= 11 is 0. The number of primary sulfonamides is 1. The van der Waals surface area contributed by atoms with Crippen LogP contribution in [-0.2, 0) is 16.6 Å². The molecule has 0 heterocycles. The van der Waals surface area contributed by atoms with Crippen LogP contribution in [0.2, 0.25) is 0 Å². The zero-order chi connectivity index (χ0) is 12.2. The van der Waals surface area contributed by atoms with Gasteiger partial charge in [-0.15, -0.1) is 0 Å². The lowest BCUT2D eigenvalue weighted by Crippen LogP contribution is -2.27. The van der Waals surface area contributed by atoms with Gasteiger partial charge in [0, 0.05) is 18.7 Å². The minimum atomic E-state index is -3.53. The number of sulfonamides is 1. The van der Waals surface area contributed by atoms with E-state index in [1.807, 2.05) is 0 Å². The van der Waals surface area contributed by atoms with E-state index >= 15 is 0 Å². The van der Waals surface area contributed by atoms with Crippen LogP contribution in [0.25, 0.3) is 0 Å². The minimum absolute atomic E-state index is 0.0547. The van der Waals surface area contributed by atoms with Crippen LogP contribution in [0.3, 0.4) is 0 Å². The van der Waals surface area contributed by atoms with E-state index in [0.29, 0.717) is 0 Å². The van der Waals surface area contributed by atoms with Gasteiger partial charge in [0.1, 0.15) is 0 Å². The molecule has 0 radical (unpaired) electrons. The van der Waals surface area contributed by atoms with E-state index in [1.54, 1.807) is 0 Å². The quantitative estimate of drug-likeness (QED) is 0.740. The van der Waals surface area contributed by atoms with Gasteiger partial charge in [0.05, 0.1) is 5.75 Å². The van der Waals surface area contributed by atoms with E-state index in [4.69, 9.17) is 5.14 Å². The molecule has 1 aromatic rings. The second-order valence-electron chi connectivity index (χ2n) is 3.26. The Morgan fingerprint density at radius 3 is 2.62 bits per heavy atom. The third-order valence-corrected chi connectivity index (χ3v) is 2.68. The molecule has 0 amide bonds. The smallest absolute Gasteiger partial charge is 0.210 e. The molecule has 0 fully saturated rings. The predicted octanol–water partition coefficient (Wildman–Crippen LogP) is 0.343. The molecular weight excluding hydrogens is 238 g/mol. The zero-order valence-electron chi connectivity index (χ0n) is 8.41. The molecule has 0 atom stereocenters. The maximum atomic E-state index is 13.1. The standard InChI is InChI=1S/C9H12F2N2O2S/c10-8-3-1-2-7(9(8)11)6-13-4-5-16(12,14)15/h1-3,13H,4-6H2,(H2,12,14,15). The minimum Gasteiger partial charge on any atom is -0.312 e. The average Bonchev–Trinajstić information content (AvgIpc) is 2.17. The second kappa shape index (κ2) is 5.33. The lowest BCUT2D eigenvalue weighted by atomic mass is 10.2. The van der Waals surface area contributed by atoms with E-state index in [9.17, 15) is 17.2 Å². The molecule has 0 aromatic heterocycles. The highest BCUT2D eigenvalue weighted by atomic mass is 32.2. The first-order valence-corrected chi connectivity index (χ1v) is 6.26. The van der Waals surface area contributed by atoms with Gasteiger partial charge < -0.3 is 5.32 Å². The molecule has 0 unspecified atom stereocenters. The molecule has 7 heteroatoms. The Labute approximate surface area is 92.5 Å². The number of rotatable bonds is 5. The van der Waals surface area contributed by atoms with Gasteiger partial charge in [0.15, 0.2) is 11.6 Å². The topological polar surface area (TPSA) is 72.2 Å². The molecule has 3 N–H and O–H groups in total. The molecule has 0 bridgehead atoms. The fraction of sp³-hybridized carbons (Fsp3) is 0.333. The summed E-state index contributed by atoms with van der Waals surface area (Å²) in [7, 11) is -3.53. The van der Waals surface area contributed by atoms with Crippen LogP contribution in [0.4, 0.5) is 8.78 Å². The van der Waals surface area contributed by atoms with Gasteiger partial charge in [-0.05, 0) is 6.07 Å². The molecule has 1 aromatic carbocycles. The van der Waals surface area contributed by atoms with Gasteiger partial charge in [-0.2, -0.15) is 0 Å². The highest BCUT2D eigenvalue weighted by Crippen LogP contribution is 2.10. The van der Waals surface area contributed by atoms with E-state index in [1.165, 1.54) is 12.1 Å². The van der Waals surface area contributed by atoms with Gasteiger partial charge in [-0.3, -0.25) is 0 Å². The fourth-order valence-electron chi connectivity index (χ4n) is 1.12. The van der Waals surface area contributed by atoms with Crippen LogP contribution in [0.5, 0.6) is 0 Å². The third-order valence-electron chi connectivity index (χ3n) is 1.91. The monoisotopic (exact) mass is 250 g/mol. The summed E-state index contributed by atoms with van der Waals surface area (Å²) in [6.45, 7) is 0.147. The Balaban J connectivity index is 2.47. The van der Waals surface area contributed by atoms with Crippen LogP contribution in [-0.4, -0.2) is 20.7 Å². The molecule has 0 saturated heterocycles. The van der Waals surface area contributed by atoms with E-state index in [2.05, 4.69) is 5.32 Å². The maximum Gasteiger partial charge on any atom is 0.210 e. The van der Waals surface area contributed by atoms with Crippen molar-refractivity contribution < 1.29 is 17.2 Å². The van der Waals surface area contributed by atoms with Crippen molar-refractivity contribution in [3.8, 4) is 0 Å². The summed E-state index contributed by atoms with van der Waals surface area (Å²) in [5.74, 6) is -2.10. The highest BCUT2D eigenvalue weighted by molar-refractivity contribution is 7.89. The Kier molecular flexibility index (Phi) is 4.34. The molecule has 16 heavy (non-hydrogen) atoms. The summed E-state index contributed by atoms with van der Waals surface area (Å²) in [6, 6.07) is 3.82. The first-order valence-electron chi connectivity index (χ1n) is 4.54. The molecule has 0 aliphatic carbocycles. The number of nitrogens with one attached hydrogen (secondary N) is 1. The first-order chi connectivity index (χ1) is 7.40. The van der Waals surface area contributed by atoms with Crippen LogP contribution < -0.4 is 10.5 Å². The molecule has 0 aliphatic heterocycles. The SMILES string of the molecule is NS(=O)(=O)CCNCc1cccc(F)c1F. The first kappa shape index (κ1) is 13.0. The van der Waals surface area contributed by atoms with E-state index in [-0.39, 0.29) is 24.4 Å². The lowest BCUT2D eigenvalue weighted by Gasteiger charge is -2.05. The van der Waals surface area contributed by atoms with E-state index in [0.717, 1.165) is 6.07 Å². The molecule has 1 rings (SSSR count). The number of benzene rings is 1. The zero-order valence-corrected chi connectivity index (χ0v) is 9.23. The van der Waals surface area contributed by atoms with Crippen molar-refractivity contribution in [3.63, 3.8) is 0 Å². The van der Waals surface area contributed by atoms with Crippen molar-refractivity contribution in [2.75, 3.05) is 12.3 Å². The Bertz CT molecular complexity index is 463.